The van der Waals surface area contributed by atoms with Crippen LogP contribution in [0.3, 0.4) is 0 Å². The number of allylic oxidation sites excluding steroid dienone is 1. The summed E-state index contributed by atoms with van der Waals surface area (Å²) >= 11 is 0. The summed E-state index contributed by atoms with van der Waals surface area (Å²) in [5.74, 6) is 0.0600. The summed E-state index contributed by atoms with van der Waals surface area (Å²) in [4.78, 5) is 11.6. The summed E-state index contributed by atoms with van der Waals surface area (Å²) in [6, 6.07) is -0.538. The lowest BCUT2D eigenvalue weighted by atomic mass is 10.0. The van der Waals surface area contributed by atoms with Gasteiger partial charge < -0.3 is 5.73 Å². The second-order valence-electron chi connectivity index (χ2n) is 3.57. The number of unbranched alkanes of at least 4 members (excludes halogenated alkanes) is 1. The number of carbonyl (C=O) groups is 1. The molecule has 0 aliphatic carbocycles. The first-order valence-corrected chi connectivity index (χ1v) is 5.03. The third-order valence-electron chi connectivity index (χ3n) is 2.26. The molecule has 1 unspecified atom stereocenters. The zero-order valence-electron chi connectivity index (χ0n) is 9.02. The summed E-state index contributed by atoms with van der Waals surface area (Å²) < 4.78 is 1.65. The smallest absolute Gasteiger partial charge is 0.154 e. The minimum atomic E-state index is -0.538. The second-order valence-corrected chi connectivity index (χ2v) is 3.57. The van der Waals surface area contributed by atoms with E-state index in [-0.39, 0.29) is 5.78 Å². The maximum atomic E-state index is 11.6. The molecule has 1 aromatic rings. The van der Waals surface area contributed by atoms with Gasteiger partial charge in [-0.05, 0) is 12.8 Å². The molecule has 4 nitrogen and oxygen atoms in total. The van der Waals surface area contributed by atoms with Gasteiger partial charge in [0.1, 0.15) is 0 Å². The van der Waals surface area contributed by atoms with Crippen molar-refractivity contribution in [2.75, 3.05) is 0 Å². The number of Topliss-reactive ketones (excluding diaryl/α,β-unsaturated/α-hetero) is 1. The van der Waals surface area contributed by atoms with Crippen molar-refractivity contribution in [1.29, 1.82) is 0 Å². The summed E-state index contributed by atoms with van der Waals surface area (Å²) in [6.45, 7) is 3.61. The van der Waals surface area contributed by atoms with Crippen molar-refractivity contribution in [2.24, 2.45) is 12.8 Å². The number of nitrogens with zero attached hydrogens (tertiary/aromatic N) is 2. The highest BCUT2D eigenvalue weighted by Gasteiger charge is 2.16. The van der Waals surface area contributed by atoms with E-state index in [1.165, 1.54) is 0 Å². The van der Waals surface area contributed by atoms with Crippen molar-refractivity contribution < 1.29 is 4.79 Å². The van der Waals surface area contributed by atoms with Gasteiger partial charge in [0.2, 0.25) is 0 Å². The minimum Gasteiger partial charge on any atom is -0.318 e. The van der Waals surface area contributed by atoms with E-state index < -0.39 is 6.04 Å². The topological polar surface area (TPSA) is 60.9 Å². The molecular formula is C11H17N3O. The summed E-state index contributed by atoms with van der Waals surface area (Å²) in [5.41, 5.74) is 6.58. The third kappa shape index (κ3) is 3.32. The molecule has 0 saturated carbocycles. The molecule has 4 heteroatoms. The van der Waals surface area contributed by atoms with Crippen LogP contribution in [0.15, 0.2) is 25.0 Å². The number of nitrogens with two attached hydrogens (primary N) is 1. The van der Waals surface area contributed by atoms with Crippen LogP contribution in [0, 0.1) is 0 Å². The van der Waals surface area contributed by atoms with Crippen molar-refractivity contribution in [3.8, 4) is 0 Å². The van der Waals surface area contributed by atoms with E-state index in [1.54, 1.807) is 24.1 Å². The Morgan fingerprint density at radius 3 is 3.07 bits per heavy atom. The first kappa shape index (κ1) is 11.7. The van der Waals surface area contributed by atoms with Crippen molar-refractivity contribution in [3.63, 3.8) is 0 Å². The zero-order chi connectivity index (χ0) is 11.3. The molecule has 82 valence electrons. The minimum absolute atomic E-state index is 0.0600. The molecule has 0 aliphatic heterocycles. The van der Waals surface area contributed by atoms with Gasteiger partial charge in [-0.15, -0.1) is 6.58 Å². The molecule has 1 rings (SSSR count). The summed E-state index contributed by atoms with van der Waals surface area (Å²) in [6.07, 6.45) is 7.39. The largest absolute Gasteiger partial charge is 0.318 e. The van der Waals surface area contributed by atoms with Gasteiger partial charge in [-0.3, -0.25) is 9.48 Å². The Morgan fingerprint density at radius 2 is 2.53 bits per heavy atom. The van der Waals surface area contributed by atoms with Gasteiger partial charge in [0.15, 0.2) is 5.78 Å². The first-order valence-electron chi connectivity index (χ1n) is 5.03. The van der Waals surface area contributed by atoms with Crippen molar-refractivity contribution in [1.82, 2.24) is 9.78 Å². The predicted molar refractivity (Wildman–Crippen MR) is 59.2 cm³/mol. The molecule has 0 amide bonds. The molecule has 0 radical (unpaired) electrons. The monoisotopic (exact) mass is 207 g/mol. The van der Waals surface area contributed by atoms with Crippen LogP contribution in [0.4, 0.5) is 0 Å². The summed E-state index contributed by atoms with van der Waals surface area (Å²) in [7, 11) is 1.80. The number of ketones is 1. The van der Waals surface area contributed by atoms with Gasteiger partial charge in [0.25, 0.3) is 0 Å². The Bertz CT molecular complexity index is 343. The van der Waals surface area contributed by atoms with Crippen LogP contribution >= 0.6 is 0 Å². The molecule has 1 heterocycles. The van der Waals surface area contributed by atoms with Crippen molar-refractivity contribution in [2.45, 2.75) is 25.3 Å². The molecule has 0 saturated heterocycles. The normalized spacial score (nSPS) is 12.4. The first-order chi connectivity index (χ1) is 7.15. The molecule has 1 atom stereocenters. The van der Waals surface area contributed by atoms with Crippen LogP contribution in [0.1, 0.15) is 30.9 Å². The molecule has 1 aromatic heterocycles. The van der Waals surface area contributed by atoms with Crippen molar-refractivity contribution >= 4 is 5.78 Å². The number of carbonyl (C=O) groups excluding carboxylic acids is 1. The Balaban J connectivity index is 2.49. The molecule has 0 fully saturated rings. The molecule has 15 heavy (non-hydrogen) atoms. The van der Waals surface area contributed by atoms with E-state index in [0.29, 0.717) is 6.42 Å². The Hall–Kier alpha value is -1.42. The van der Waals surface area contributed by atoms with Crippen LogP contribution in [0.2, 0.25) is 0 Å². The lowest BCUT2D eigenvalue weighted by Gasteiger charge is -2.07. The highest BCUT2D eigenvalue weighted by Crippen LogP contribution is 2.13. The Kier molecular flexibility index (Phi) is 4.24. The van der Waals surface area contributed by atoms with E-state index in [2.05, 4.69) is 11.7 Å². The molecular weight excluding hydrogens is 190 g/mol. The standard InChI is InChI=1S/C11H17N3O/c1-3-4-5-6-10(15)11(12)9-7-13-14(2)8-9/h3,7-8,11H,1,4-6,12H2,2H3. The Morgan fingerprint density at radius 1 is 1.80 bits per heavy atom. The van der Waals surface area contributed by atoms with Gasteiger partial charge in [-0.1, -0.05) is 6.08 Å². The van der Waals surface area contributed by atoms with Crippen molar-refractivity contribution in [3.05, 3.63) is 30.6 Å². The maximum Gasteiger partial charge on any atom is 0.154 e. The lowest BCUT2D eigenvalue weighted by Crippen LogP contribution is -2.20. The number of aryl methyl sites for hydroxylation is 1. The molecule has 0 bridgehead atoms. The SMILES string of the molecule is C=CCCCC(=O)C(N)c1cnn(C)c1. The molecule has 0 aliphatic rings. The summed E-state index contributed by atoms with van der Waals surface area (Å²) in [5, 5.41) is 3.98. The average molecular weight is 207 g/mol. The van der Waals surface area contributed by atoms with E-state index in [0.717, 1.165) is 18.4 Å². The highest BCUT2D eigenvalue weighted by molar-refractivity contribution is 5.84. The quantitative estimate of drug-likeness (QED) is 0.565. The van der Waals surface area contributed by atoms with Gasteiger partial charge in [0, 0.05) is 25.2 Å². The van der Waals surface area contributed by atoms with Gasteiger partial charge in [-0.2, -0.15) is 5.10 Å². The van der Waals surface area contributed by atoms with Gasteiger partial charge in [-0.25, -0.2) is 0 Å². The van der Waals surface area contributed by atoms with Crippen LogP contribution in [0.5, 0.6) is 0 Å². The number of hydrogen-bond donors (Lipinski definition) is 1. The average Bonchev–Trinajstić information content (AvgIpc) is 2.64. The van der Waals surface area contributed by atoms with Gasteiger partial charge >= 0.3 is 0 Å². The van der Waals surface area contributed by atoms with Gasteiger partial charge in [0.05, 0.1) is 12.2 Å². The van der Waals surface area contributed by atoms with E-state index in [9.17, 15) is 4.79 Å². The van der Waals surface area contributed by atoms with E-state index >= 15 is 0 Å². The fourth-order valence-electron chi connectivity index (χ4n) is 1.36. The zero-order valence-corrected chi connectivity index (χ0v) is 9.02. The Labute approximate surface area is 89.8 Å². The number of rotatable bonds is 6. The molecule has 0 spiro atoms. The van der Waals surface area contributed by atoms with E-state index in [1.807, 2.05) is 6.08 Å². The highest BCUT2D eigenvalue weighted by atomic mass is 16.1. The second kappa shape index (κ2) is 5.46. The third-order valence-corrected chi connectivity index (χ3v) is 2.26. The predicted octanol–water partition coefficient (Wildman–Crippen LogP) is 1.35. The van der Waals surface area contributed by atoms with Crippen LogP contribution in [0.25, 0.3) is 0 Å². The van der Waals surface area contributed by atoms with Crippen LogP contribution in [-0.2, 0) is 11.8 Å². The van der Waals surface area contributed by atoms with Crippen LogP contribution in [-0.4, -0.2) is 15.6 Å². The fraction of sp³-hybridized carbons (Fsp3) is 0.455. The maximum absolute atomic E-state index is 11.6. The number of aromatic nitrogens is 2. The number of hydrogen-bond acceptors (Lipinski definition) is 3. The lowest BCUT2D eigenvalue weighted by molar-refractivity contribution is -0.120. The van der Waals surface area contributed by atoms with E-state index in [4.69, 9.17) is 5.73 Å². The van der Waals surface area contributed by atoms with Crippen LogP contribution < -0.4 is 5.73 Å². The molecule has 0 aromatic carbocycles. The fourth-order valence-corrected chi connectivity index (χ4v) is 1.36. The molecule has 2 N–H and O–H groups in total.